The van der Waals surface area contributed by atoms with Gasteiger partial charge in [0, 0.05) is 18.7 Å². The quantitative estimate of drug-likeness (QED) is 0.792. The Hall–Kier alpha value is -1.32. The fourth-order valence-corrected chi connectivity index (χ4v) is 1.90. The van der Waals surface area contributed by atoms with Crippen LogP contribution < -0.4 is 10.6 Å². The molecular weight excluding hydrogens is 236 g/mol. The van der Waals surface area contributed by atoms with Gasteiger partial charge in [-0.05, 0) is 37.1 Å². The van der Waals surface area contributed by atoms with Crippen molar-refractivity contribution in [1.29, 1.82) is 0 Å². The lowest BCUT2D eigenvalue weighted by Gasteiger charge is -2.21. The largest absolute Gasteiger partial charge is 0.321 e. The molecule has 0 radical (unpaired) electrons. The molecule has 4 heteroatoms. The number of hydrogen-bond donors (Lipinski definition) is 2. The van der Waals surface area contributed by atoms with Crippen molar-refractivity contribution in [3.05, 3.63) is 39.9 Å². The molecule has 90 valence electrons. The fourth-order valence-electron chi connectivity index (χ4n) is 1.61. The molecule has 0 spiro atoms. The summed E-state index contributed by atoms with van der Waals surface area (Å²) in [5, 5.41) is 6.52. The molecule has 1 aromatic carbocycles. The molecule has 1 fully saturated rings. The minimum atomic E-state index is -0.0766. The second-order valence-corrected chi connectivity index (χ2v) is 4.68. The predicted molar refractivity (Wildman–Crippen MR) is 70.4 cm³/mol. The summed E-state index contributed by atoms with van der Waals surface area (Å²) >= 11 is 6.06. The Morgan fingerprint density at radius 2 is 2.12 bits per heavy atom. The Morgan fingerprint density at radius 1 is 1.41 bits per heavy atom. The van der Waals surface area contributed by atoms with Crippen LogP contribution in [0.15, 0.2) is 29.3 Å². The first kappa shape index (κ1) is 12.1. The molecule has 0 atom stereocenters. The zero-order valence-electron chi connectivity index (χ0n) is 9.93. The molecule has 3 nitrogen and oxygen atoms in total. The van der Waals surface area contributed by atoms with Crippen molar-refractivity contribution in [2.75, 3.05) is 18.4 Å². The highest BCUT2D eigenvalue weighted by molar-refractivity contribution is 6.34. The van der Waals surface area contributed by atoms with Gasteiger partial charge in [-0.1, -0.05) is 17.7 Å². The Bertz CT molecular complexity index is 488. The first-order valence-electron chi connectivity index (χ1n) is 5.55. The Balaban J connectivity index is 2.13. The van der Waals surface area contributed by atoms with Gasteiger partial charge in [0.25, 0.3) is 5.91 Å². The smallest absolute Gasteiger partial charge is 0.251 e. The van der Waals surface area contributed by atoms with Crippen LogP contribution in [0.1, 0.15) is 12.5 Å². The van der Waals surface area contributed by atoms with Gasteiger partial charge in [0.05, 0.1) is 10.7 Å². The van der Waals surface area contributed by atoms with Crippen LogP contribution in [0.4, 0.5) is 5.69 Å². The van der Waals surface area contributed by atoms with E-state index < -0.39 is 0 Å². The van der Waals surface area contributed by atoms with Crippen LogP contribution >= 0.6 is 11.6 Å². The minimum Gasteiger partial charge on any atom is -0.321 e. The number of hydrogen-bond acceptors (Lipinski definition) is 2. The number of nitrogens with one attached hydrogen (secondary N) is 2. The Morgan fingerprint density at radius 3 is 2.65 bits per heavy atom. The van der Waals surface area contributed by atoms with Gasteiger partial charge in [-0.25, -0.2) is 0 Å². The SMILES string of the molecule is CC(C(=O)Nc1ccc(C)cc1Cl)=C1CNC1. The van der Waals surface area contributed by atoms with Gasteiger partial charge >= 0.3 is 0 Å². The molecular formula is C13H15ClN2O. The van der Waals surface area contributed by atoms with Gasteiger partial charge in [-0.2, -0.15) is 0 Å². The molecule has 0 aliphatic carbocycles. The molecule has 0 unspecified atom stereocenters. The molecule has 1 heterocycles. The number of halogens is 1. The van der Waals surface area contributed by atoms with E-state index in [2.05, 4.69) is 10.6 Å². The van der Waals surface area contributed by atoms with Crippen molar-refractivity contribution in [2.24, 2.45) is 0 Å². The second-order valence-electron chi connectivity index (χ2n) is 4.27. The van der Waals surface area contributed by atoms with Crippen molar-refractivity contribution in [3.63, 3.8) is 0 Å². The van der Waals surface area contributed by atoms with Gasteiger partial charge in [-0.15, -0.1) is 0 Å². The number of carbonyl (C=O) groups is 1. The summed E-state index contributed by atoms with van der Waals surface area (Å²) in [7, 11) is 0. The predicted octanol–water partition coefficient (Wildman–Crippen LogP) is 2.51. The lowest BCUT2D eigenvalue weighted by Crippen LogP contribution is -2.36. The van der Waals surface area contributed by atoms with Crippen LogP contribution in [-0.2, 0) is 4.79 Å². The van der Waals surface area contributed by atoms with E-state index in [1.807, 2.05) is 32.0 Å². The molecule has 0 aromatic heterocycles. The van der Waals surface area contributed by atoms with Crippen molar-refractivity contribution in [2.45, 2.75) is 13.8 Å². The van der Waals surface area contributed by atoms with Gasteiger partial charge in [0.15, 0.2) is 0 Å². The van der Waals surface area contributed by atoms with Crippen LogP contribution in [0.3, 0.4) is 0 Å². The third-order valence-electron chi connectivity index (χ3n) is 2.92. The first-order valence-corrected chi connectivity index (χ1v) is 5.92. The molecule has 2 rings (SSSR count). The zero-order chi connectivity index (χ0) is 12.4. The Kier molecular flexibility index (Phi) is 3.50. The van der Waals surface area contributed by atoms with Crippen molar-refractivity contribution in [3.8, 4) is 0 Å². The summed E-state index contributed by atoms with van der Waals surface area (Å²) in [6.07, 6.45) is 0. The van der Waals surface area contributed by atoms with Crippen molar-refractivity contribution < 1.29 is 4.79 Å². The molecule has 2 N–H and O–H groups in total. The molecule has 1 aromatic rings. The molecule has 1 saturated heterocycles. The van der Waals surface area contributed by atoms with E-state index in [-0.39, 0.29) is 5.91 Å². The van der Waals surface area contributed by atoms with E-state index in [1.54, 1.807) is 0 Å². The molecule has 1 amide bonds. The number of amides is 1. The summed E-state index contributed by atoms with van der Waals surface area (Å²) in [4.78, 5) is 11.9. The highest BCUT2D eigenvalue weighted by atomic mass is 35.5. The second kappa shape index (κ2) is 4.90. The van der Waals surface area contributed by atoms with E-state index in [0.29, 0.717) is 10.7 Å². The van der Waals surface area contributed by atoms with Crippen LogP contribution in [0.5, 0.6) is 0 Å². The molecule has 17 heavy (non-hydrogen) atoms. The lowest BCUT2D eigenvalue weighted by atomic mass is 10.0. The number of rotatable bonds is 2. The van der Waals surface area contributed by atoms with Crippen LogP contribution in [0.25, 0.3) is 0 Å². The number of anilines is 1. The highest BCUT2D eigenvalue weighted by Gasteiger charge is 2.16. The molecule has 0 saturated carbocycles. The minimum absolute atomic E-state index is 0.0766. The standard InChI is InChI=1S/C13H15ClN2O/c1-8-3-4-12(11(14)5-8)16-13(17)9(2)10-6-15-7-10/h3-5,15H,6-7H2,1-2H3,(H,16,17). The fraction of sp³-hybridized carbons (Fsp3) is 0.308. The zero-order valence-corrected chi connectivity index (χ0v) is 10.7. The third kappa shape index (κ3) is 2.68. The molecule has 0 bridgehead atoms. The van der Waals surface area contributed by atoms with E-state index in [1.165, 1.54) is 0 Å². The summed E-state index contributed by atoms with van der Waals surface area (Å²) in [6.45, 7) is 5.42. The third-order valence-corrected chi connectivity index (χ3v) is 3.23. The maximum absolute atomic E-state index is 11.9. The highest BCUT2D eigenvalue weighted by Crippen LogP contribution is 2.23. The number of carbonyl (C=O) groups excluding carboxylic acids is 1. The van der Waals surface area contributed by atoms with Crippen LogP contribution in [0, 0.1) is 6.92 Å². The van der Waals surface area contributed by atoms with Gasteiger partial charge in [0.1, 0.15) is 0 Å². The number of aryl methyl sites for hydroxylation is 1. The summed E-state index contributed by atoms with van der Waals surface area (Å²) < 4.78 is 0. The topological polar surface area (TPSA) is 41.1 Å². The Labute approximate surface area is 106 Å². The van der Waals surface area contributed by atoms with E-state index in [0.717, 1.165) is 29.8 Å². The summed E-state index contributed by atoms with van der Waals surface area (Å²) in [5.74, 6) is -0.0766. The number of benzene rings is 1. The van der Waals surface area contributed by atoms with Crippen molar-refractivity contribution in [1.82, 2.24) is 5.32 Å². The first-order chi connectivity index (χ1) is 8.08. The van der Waals surface area contributed by atoms with Gasteiger partial charge in [0.2, 0.25) is 0 Å². The van der Waals surface area contributed by atoms with Gasteiger partial charge in [-0.3, -0.25) is 4.79 Å². The van der Waals surface area contributed by atoms with Crippen molar-refractivity contribution >= 4 is 23.2 Å². The summed E-state index contributed by atoms with van der Waals surface area (Å²) in [5.41, 5.74) is 3.67. The lowest BCUT2D eigenvalue weighted by molar-refractivity contribution is -0.112. The average molecular weight is 251 g/mol. The summed E-state index contributed by atoms with van der Waals surface area (Å²) in [6, 6.07) is 5.59. The van der Waals surface area contributed by atoms with Gasteiger partial charge < -0.3 is 10.6 Å². The average Bonchev–Trinajstić information content (AvgIpc) is 2.19. The maximum Gasteiger partial charge on any atom is 0.251 e. The van der Waals surface area contributed by atoms with Crippen LogP contribution in [0.2, 0.25) is 5.02 Å². The van der Waals surface area contributed by atoms with E-state index in [9.17, 15) is 4.79 Å². The van der Waals surface area contributed by atoms with E-state index >= 15 is 0 Å². The molecule has 1 aliphatic rings. The molecule has 1 aliphatic heterocycles. The van der Waals surface area contributed by atoms with E-state index in [4.69, 9.17) is 11.6 Å². The monoisotopic (exact) mass is 250 g/mol. The maximum atomic E-state index is 11.9. The normalized spacial score (nSPS) is 14.2. The van der Waals surface area contributed by atoms with Crippen LogP contribution in [-0.4, -0.2) is 19.0 Å².